The fraction of sp³-hybridized carbons (Fsp3) is 0.217. The number of aryl methyl sites for hydroxylation is 3. The molecule has 0 unspecified atom stereocenters. The zero-order valence-corrected chi connectivity index (χ0v) is 55.7. The molecule has 0 saturated heterocycles. The zero-order valence-electron chi connectivity index (χ0n) is 54.2. The lowest BCUT2D eigenvalue weighted by Crippen LogP contribution is -2.09. The maximum atomic E-state index is 5.96. The SMILES string of the molecule is Cc1cc(Nc2cnnc(-c3cccc(Cl)c3)n2)n[nH]1.Cc1cc(Nc2cnnc(-c3cccs3)c2)n[nH]1.Cc1cc(Nc2cnnc(-c3ccncc3)c2)n[nH]1.c1ccc(-c2cnnc(Nc3cc(C4CC4)[nH]n3)c2)cc1.c1nnc(Nc2cc(C3CC3)[nH]n2)nc1C1CCCCC1. The smallest absolute Gasteiger partial charge is 0.248 e. The summed E-state index contributed by atoms with van der Waals surface area (Å²) >= 11 is 7.60. The van der Waals surface area contributed by atoms with Crippen LogP contribution in [-0.4, -0.2) is 117 Å². The van der Waals surface area contributed by atoms with E-state index in [0.29, 0.717) is 52.0 Å². The molecule has 0 aliphatic heterocycles. The first-order valence-electron chi connectivity index (χ1n) is 32.2. The summed E-state index contributed by atoms with van der Waals surface area (Å²) in [6.45, 7) is 5.83. The second-order valence-corrected chi connectivity index (χ2v) is 25.1. The quantitative estimate of drug-likeness (QED) is 0.0405. The number of nitrogens with one attached hydrogen (secondary N) is 10. The van der Waals surface area contributed by atoms with E-state index >= 15 is 0 Å². The third kappa shape index (κ3) is 19.1. The number of thiophene rings is 1. The van der Waals surface area contributed by atoms with Crippen molar-refractivity contribution in [1.82, 2.24) is 117 Å². The lowest BCUT2D eigenvalue weighted by Gasteiger charge is -2.20. The predicted molar refractivity (Wildman–Crippen MR) is 382 cm³/mol. The molecule has 3 fully saturated rings. The van der Waals surface area contributed by atoms with Crippen molar-refractivity contribution in [2.75, 3.05) is 26.6 Å². The van der Waals surface area contributed by atoms with Gasteiger partial charge in [-0.15, -0.1) is 31.7 Å². The summed E-state index contributed by atoms with van der Waals surface area (Å²) in [5.41, 5.74) is 13.7. The molecule has 3 aliphatic rings. The Morgan fingerprint density at radius 1 is 0.404 bits per heavy atom. The minimum Gasteiger partial charge on any atom is -0.337 e. The van der Waals surface area contributed by atoms with E-state index in [1.165, 1.54) is 75.4 Å². The van der Waals surface area contributed by atoms with Gasteiger partial charge < -0.3 is 26.6 Å². The molecule has 30 heteroatoms. The summed E-state index contributed by atoms with van der Waals surface area (Å²) in [7, 11) is 0. The van der Waals surface area contributed by atoms with Gasteiger partial charge >= 0.3 is 0 Å². The van der Waals surface area contributed by atoms with Crippen LogP contribution >= 0.6 is 22.9 Å². The first-order chi connectivity index (χ1) is 48.6. The number of hydrogen-bond acceptors (Lipinski definition) is 24. The lowest BCUT2D eigenvalue weighted by atomic mass is 9.87. The molecule has 3 aliphatic carbocycles. The average Bonchev–Trinajstić information content (AvgIpc) is 1.81. The Kier molecular flexibility index (Phi) is 21.2. The Hall–Kier alpha value is -12.1. The number of aromatic nitrogens is 23. The highest BCUT2D eigenvalue weighted by Gasteiger charge is 2.27. The van der Waals surface area contributed by atoms with Gasteiger partial charge in [0.15, 0.2) is 46.5 Å². The van der Waals surface area contributed by atoms with Crippen molar-refractivity contribution in [2.45, 2.75) is 96.3 Å². The van der Waals surface area contributed by atoms with Gasteiger partial charge in [-0.25, -0.2) is 9.97 Å². The molecule has 0 atom stereocenters. The molecular formula is C69H69ClN28S. The summed E-state index contributed by atoms with van der Waals surface area (Å²) in [5.74, 6) is 7.97. The van der Waals surface area contributed by atoms with Crippen LogP contribution in [-0.2, 0) is 0 Å². The van der Waals surface area contributed by atoms with Crippen LogP contribution in [0, 0.1) is 20.8 Å². The van der Waals surface area contributed by atoms with Crippen LogP contribution in [0.1, 0.15) is 110 Å². The number of H-pyrrole nitrogens is 5. The number of anilines is 10. The van der Waals surface area contributed by atoms with E-state index in [1.807, 2.05) is 123 Å². The molecule has 0 spiro atoms. The van der Waals surface area contributed by atoms with E-state index in [2.05, 4.69) is 162 Å². The molecule has 17 rings (SSSR count). The second-order valence-electron chi connectivity index (χ2n) is 23.7. The fourth-order valence-electron chi connectivity index (χ4n) is 10.5. The van der Waals surface area contributed by atoms with E-state index in [4.69, 9.17) is 11.6 Å². The molecule has 28 nitrogen and oxygen atoms in total. The second kappa shape index (κ2) is 32.1. The van der Waals surface area contributed by atoms with Gasteiger partial charge in [0.1, 0.15) is 5.69 Å². The number of aromatic amines is 5. The van der Waals surface area contributed by atoms with Crippen LogP contribution in [0.15, 0.2) is 176 Å². The Morgan fingerprint density at radius 2 is 0.980 bits per heavy atom. The maximum absolute atomic E-state index is 5.96. The highest BCUT2D eigenvalue weighted by molar-refractivity contribution is 7.13. The van der Waals surface area contributed by atoms with Gasteiger partial charge in [0.05, 0.1) is 58.6 Å². The highest BCUT2D eigenvalue weighted by Crippen LogP contribution is 2.41. The van der Waals surface area contributed by atoms with E-state index < -0.39 is 0 Å². The Morgan fingerprint density at radius 3 is 1.61 bits per heavy atom. The summed E-state index contributed by atoms with van der Waals surface area (Å²) in [6, 6.07) is 41.0. The van der Waals surface area contributed by atoms with Crippen molar-refractivity contribution >= 4 is 81.0 Å². The molecule has 0 amide bonds. The van der Waals surface area contributed by atoms with Crippen LogP contribution < -0.4 is 26.6 Å². The van der Waals surface area contributed by atoms with Gasteiger partial charge in [-0.3, -0.25) is 30.5 Å². The molecule has 12 aromatic heterocycles. The standard InChI is InChI=1S/C16H15N5.C15H20N6.C13H11ClN6.C13H12N6.C12H11N5S/c1-2-4-11(5-3-1)13-8-15(20-17-10-13)18-16-9-14(19-21-16)12-6-7-12;1-2-4-10(5-3-1)13-9-16-21-15(17-13)18-14-8-12(19-20-14)11-6-7-11;1-8-5-11(19-18-8)16-12-7-15-20-13(17-12)9-3-2-4-10(14)6-9;1-9-6-13(19-17-9)16-11-7-12(18-15-8-11)10-2-4-14-5-3-10;1-8-5-12(17-15-8)14-9-6-10(16-13-7-9)11-3-2-4-18-11/h1-5,8-10,12H,6-7H2,(H2,18,19,20,21);8-11H,1-7H2,(H2,17,18,19,20,21);2-7H,1H3,(H2,16,17,18,19,20);2-8H,1H3,(H2,16,17,18,19);2-7H,1H3,(H2,14,15,16,17). The van der Waals surface area contributed by atoms with Gasteiger partial charge in [0, 0.05) is 111 Å². The Labute approximate surface area is 577 Å². The number of halogens is 1. The molecule has 498 valence electrons. The maximum Gasteiger partial charge on any atom is 0.248 e. The molecular weight excluding hydrogens is 1290 g/mol. The van der Waals surface area contributed by atoms with Gasteiger partial charge in [-0.1, -0.05) is 79.4 Å². The summed E-state index contributed by atoms with van der Waals surface area (Å²) in [4.78, 5) is 14.1. The van der Waals surface area contributed by atoms with E-state index in [9.17, 15) is 0 Å². The Balaban J connectivity index is 0.000000111. The first-order valence-corrected chi connectivity index (χ1v) is 33.5. The monoisotopic (exact) mass is 1360 g/mol. The molecule has 0 radical (unpaired) electrons. The topological polar surface area (TPSA) is 371 Å². The van der Waals surface area contributed by atoms with E-state index in [1.54, 1.807) is 60.7 Å². The average molecular weight is 1360 g/mol. The van der Waals surface area contributed by atoms with Crippen LogP contribution in [0.25, 0.3) is 44.3 Å². The minimum absolute atomic E-state index is 0.504. The molecule has 2 aromatic carbocycles. The van der Waals surface area contributed by atoms with Crippen molar-refractivity contribution in [3.8, 4) is 44.3 Å². The number of hydrogen-bond donors (Lipinski definition) is 10. The van der Waals surface area contributed by atoms with Crippen LogP contribution in [0.4, 0.5) is 58.0 Å². The number of pyridine rings is 1. The molecule has 99 heavy (non-hydrogen) atoms. The largest absolute Gasteiger partial charge is 0.337 e. The van der Waals surface area contributed by atoms with Gasteiger partial charge in [0.25, 0.3) is 0 Å². The zero-order chi connectivity index (χ0) is 67.5. The Bertz CT molecular complexity index is 4830. The van der Waals surface area contributed by atoms with Gasteiger partial charge in [0.2, 0.25) is 5.95 Å². The summed E-state index contributed by atoms with van der Waals surface area (Å²) in [6.07, 6.45) is 23.3. The van der Waals surface area contributed by atoms with Crippen LogP contribution in [0.3, 0.4) is 0 Å². The summed E-state index contributed by atoms with van der Waals surface area (Å²) in [5, 5.41) is 94.6. The van der Waals surface area contributed by atoms with Gasteiger partial charge in [-0.05, 0) is 119 Å². The predicted octanol–water partition coefficient (Wildman–Crippen LogP) is 15.0. The minimum atomic E-state index is 0.504. The molecule has 3 saturated carbocycles. The van der Waals surface area contributed by atoms with E-state index in [0.717, 1.165) is 95.9 Å². The molecule has 12 heterocycles. The van der Waals surface area contributed by atoms with Crippen LogP contribution in [0.5, 0.6) is 0 Å². The molecule has 10 N–H and O–H groups in total. The molecule has 14 aromatic rings. The third-order valence-corrected chi connectivity index (χ3v) is 16.8. The van der Waals surface area contributed by atoms with Crippen molar-refractivity contribution < 1.29 is 0 Å². The normalized spacial score (nSPS) is 13.2. The van der Waals surface area contributed by atoms with Gasteiger partial charge in [-0.2, -0.15) is 56.1 Å². The number of rotatable bonds is 17. The first kappa shape index (κ1) is 65.5. The third-order valence-electron chi connectivity index (χ3n) is 15.7. The number of nitrogens with zero attached hydrogens (tertiary/aromatic N) is 18. The highest BCUT2D eigenvalue weighted by atomic mass is 35.5. The fourth-order valence-corrected chi connectivity index (χ4v) is 11.4. The lowest BCUT2D eigenvalue weighted by molar-refractivity contribution is 0.435. The molecule has 0 bridgehead atoms. The summed E-state index contributed by atoms with van der Waals surface area (Å²) < 4.78 is 0. The van der Waals surface area contributed by atoms with Crippen LogP contribution in [0.2, 0.25) is 5.02 Å². The van der Waals surface area contributed by atoms with Crippen molar-refractivity contribution in [3.05, 3.63) is 215 Å². The van der Waals surface area contributed by atoms with Crippen molar-refractivity contribution in [3.63, 3.8) is 0 Å². The number of benzene rings is 2. The van der Waals surface area contributed by atoms with E-state index in [-0.39, 0.29) is 0 Å². The van der Waals surface area contributed by atoms with Crippen molar-refractivity contribution in [1.29, 1.82) is 0 Å². The van der Waals surface area contributed by atoms with Crippen molar-refractivity contribution in [2.24, 2.45) is 0 Å².